The van der Waals surface area contributed by atoms with Crippen LogP contribution in [0.1, 0.15) is 39.8 Å². The quantitative estimate of drug-likeness (QED) is 0.825. The Morgan fingerprint density at radius 3 is 2.44 bits per heavy atom. The van der Waals surface area contributed by atoms with Crippen LogP contribution < -0.4 is 4.74 Å². The third-order valence-corrected chi connectivity index (χ3v) is 4.76. The zero-order valence-corrected chi connectivity index (χ0v) is 15.7. The van der Waals surface area contributed by atoms with Gasteiger partial charge in [0, 0.05) is 38.6 Å². The van der Waals surface area contributed by atoms with Crippen molar-refractivity contribution in [3.63, 3.8) is 0 Å². The second-order valence-corrected chi connectivity index (χ2v) is 6.42. The maximum Gasteiger partial charge on any atom is 0.274 e. The lowest BCUT2D eigenvalue weighted by molar-refractivity contribution is 0.0713. The van der Waals surface area contributed by atoms with Gasteiger partial charge in [-0.25, -0.2) is 4.98 Å². The highest BCUT2D eigenvalue weighted by molar-refractivity contribution is 5.97. The Balaban J connectivity index is 1.73. The van der Waals surface area contributed by atoms with Crippen molar-refractivity contribution in [3.05, 3.63) is 53.6 Å². The van der Waals surface area contributed by atoms with E-state index in [-0.39, 0.29) is 11.8 Å². The zero-order chi connectivity index (χ0) is 19.2. The van der Waals surface area contributed by atoms with Crippen LogP contribution in [0.3, 0.4) is 0 Å². The van der Waals surface area contributed by atoms with Crippen molar-refractivity contribution in [2.45, 2.75) is 19.8 Å². The molecule has 1 aliphatic rings. The molecule has 2 heterocycles. The highest BCUT2D eigenvalue weighted by atomic mass is 16.5. The molecule has 1 saturated heterocycles. The summed E-state index contributed by atoms with van der Waals surface area (Å²) in [5.74, 6) is 0.368. The van der Waals surface area contributed by atoms with Crippen LogP contribution in [0.5, 0.6) is 5.75 Å². The fraction of sp³-hybridized carbons (Fsp3) is 0.400. The number of hydrogen-bond acceptors (Lipinski definition) is 5. The molecule has 2 aromatic rings. The minimum atomic E-state index is -0.150. The van der Waals surface area contributed by atoms with Crippen LogP contribution in [0.4, 0.5) is 0 Å². The van der Waals surface area contributed by atoms with Gasteiger partial charge >= 0.3 is 0 Å². The second kappa shape index (κ2) is 8.62. The molecule has 2 amide bonds. The Hall–Kier alpha value is -2.96. The minimum Gasteiger partial charge on any atom is -0.496 e. The molecule has 3 rings (SSSR count). The van der Waals surface area contributed by atoms with E-state index in [1.807, 2.05) is 18.2 Å². The van der Waals surface area contributed by atoms with Gasteiger partial charge in [-0.2, -0.15) is 0 Å². The summed E-state index contributed by atoms with van der Waals surface area (Å²) in [6, 6.07) is 5.71. The van der Waals surface area contributed by atoms with Crippen molar-refractivity contribution in [2.75, 3.05) is 33.3 Å². The van der Waals surface area contributed by atoms with Crippen molar-refractivity contribution in [3.8, 4) is 5.75 Å². The van der Waals surface area contributed by atoms with E-state index in [4.69, 9.17) is 4.74 Å². The molecule has 1 aromatic heterocycles. The van der Waals surface area contributed by atoms with Crippen molar-refractivity contribution < 1.29 is 14.3 Å². The molecule has 7 nitrogen and oxygen atoms in total. The van der Waals surface area contributed by atoms with Crippen LogP contribution >= 0.6 is 0 Å². The lowest BCUT2D eigenvalue weighted by Crippen LogP contribution is -2.37. The van der Waals surface area contributed by atoms with E-state index in [9.17, 15) is 9.59 Å². The number of nitrogens with zero attached hydrogens (tertiary/aromatic N) is 4. The number of carbonyl (C=O) groups is 2. The molecule has 0 bridgehead atoms. The smallest absolute Gasteiger partial charge is 0.274 e. The standard InChI is InChI=1S/C20H24N4O3/c1-3-15-5-6-18(27-2)16(13-15)19(25)23-9-4-10-24(12-11-23)20(26)17-14-21-7-8-22-17/h5-8,13-14H,3-4,9-12H2,1-2H3. The third kappa shape index (κ3) is 4.24. The molecule has 0 saturated carbocycles. The molecule has 0 radical (unpaired) electrons. The van der Waals surface area contributed by atoms with Crippen LogP contribution in [-0.2, 0) is 6.42 Å². The van der Waals surface area contributed by atoms with Gasteiger partial charge in [-0.3, -0.25) is 14.6 Å². The van der Waals surface area contributed by atoms with Crippen molar-refractivity contribution in [1.82, 2.24) is 19.8 Å². The van der Waals surface area contributed by atoms with E-state index in [1.165, 1.54) is 18.6 Å². The molecule has 0 atom stereocenters. The fourth-order valence-electron chi connectivity index (χ4n) is 3.21. The van der Waals surface area contributed by atoms with Crippen LogP contribution in [0.15, 0.2) is 36.8 Å². The predicted octanol–water partition coefficient (Wildman–Crippen LogP) is 2.04. The number of aryl methyl sites for hydroxylation is 1. The number of aromatic nitrogens is 2. The maximum atomic E-state index is 13.1. The summed E-state index contributed by atoms with van der Waals surface area (Å²) in [5, 5.41) is 0. The van der Waals surface area contributed by atoms with E-state index in [1.54, 1.807) is 16.9 Å². The Labute approximate surface area is 159 Å². The summed E-state index contributed by atoms with van der Waals surface area (Å²) in [7, 11) is 1.57. The van der Waals surface area contributed by atoms with Gasteiger partial charge in [-0.1, -0.05) is 13.0 Å². The highest BCUT2D eigenvalue weighted by Crippen LogP contribution is 2.23. The fourth-order valence-corrected chi connectivity index (χ4v) is 3.21. The molecule has 0 spiro atoms. The predicted molar refractivity (Wildman–Crippen MR) is 101 cm³/mol. The number of amides is 2. The largest absolute Gasteiger partial charge is 0.496 e. The number of hydrogen-bond donors (Lipinski definition) is 0. The van der Waals surface area contributed by atoms with Gasteiger partial charge in [0.25, 0.3) is 11.8 Å². The van der Waals surface area contributed by atoms with Gasteiger partial charge in [0.2, 0.25) is 0 Å². The summed E-state index contributed by atoms with van der Waals surface area (Å²) in [6.07, 6.45) is 6.08. The third-order valence-electron chi connectivity index (χ3n) is 4.76. The van der Waals surface area contributed by atoms with E-state index >= 15 is 0 Å². The monoisotopic (exact) mass is 368 g/mol. The second-order valence-electron chi connectivity index (χ2n) is 6.42. The first kappa shape index (κ1) is 18.8. The van der Waals surface area contributed by atoms with E-state index in [0.29, 0.717) is 49.6 Å². The number of benzene rings is 1. The zero-order valence-electron chi connectivity index (χ0n) is 15.7. The molecular formula is C20H24N4O3. The molecular weight excluding hydrogens is 344 g/mol. The van der Waals surface area contributed by atoms with Crippen molar-refractivity contribution >= 4 is 11.8 Å². The lowest BCUT2D eigenvalue weighted by atomic mass is 10.1. The average Bonchev–Trinajstić information content (AvgIpc) is 2.99. The van der Waals surface area contributed by atoms with Crippen molar-refractivity contribution in [2.24, 2.45) is 0 Å². The first-order valence-electron chi connectivity index (χ1n) is 9.15. The topological polar surface area (TPSA) is 75.6 Å². The van der Waals surface area contributed by atoms with Crippen LogP contribution in [0.25, 0.3) is 0 Å². The summed E-state index contributed by atoms with van der Waals surface area (Å²) in [6.45, 7) is 4.19. The van der Waals surface area contributed by atoms with Gasteiger partial charge in [0.05, 0.1) is 18.9 Å². The Morgan fingerprint density at radius 1 is 1.07 bits per heavy atom. The normalized spacial score (nSPS) is 14.6. The lowest BCUT2D eigenvalue weighted by Gasteiger charge is -2.23. The summed E-state index contributed by atoms with van der Waals surface area (Å²) in [5.41, 5.74) is 1.99. The molecule has 1 aliphatic heterocycles. The molecule has 7 heteroatoms. The van der Waals surface area contributed by atoms with Crippen LogP contribution in [0, 0.1) is 0 Å². The van der Waals surface area contributed by atoms with E-state index < -0.39 is 0 Å². The van der Waals surface area contributed by atoms with E-state index in [0.717, 1.165) is 12.0 Å². The molecule has 0 aliphatic carbocycles. The Kier molecular flexibility index (Phi) is 6.01. The molecule has 27 heavy (non-hydrogen) atoms. The van der Waals surface area contributed by atoms with Gasteiger partial charge in [-0.05, 0) is 30.5 Å². The van der Waals surface area contributed by atoms with Gasteiger partial charge in [0.1, 0.15) is 11.4 Å². The number of ether oxygens (including phenoxy) is 1. The molecule has 1 fully saturated rings. The molecule has 1 aromatic carbocycles. The molecule has 142 valence electrons. The van der Waals surface area contributed by atoms with Crippen molar-refractivity contribution in [1.29, 1.82) is 0 Å². The Morgan fingerprint density at radius 2 is 1.81 bits per heavy atom. The molecule has 0 unspecified atom stereocenters. The summed E-state index contributed by atoms with van der Waals surface area (Å²) >= 11 is 0. The first-order chi connectivity index (χ1) is 13.1. The first-order valence-corrected chi connectivity index (χ1v) is 9.15. The van der Waals surface area contributed by atoms with Gasteiger partial charge < -0.3 is 14.5 Å². The maximum absolute atomic E-state index is 13.1. The number of rotatable bonds is 4. The van der Waals surface area contributed by atoms with Gasteiger partial charge in [0.15, 0.2) is 0 Å². The number of carbonyl (C=O) groups excluding carboxylic acids is 2. The van der Waals surface area contributed by atoms with E-state index in [2.05, 4.69) is 16.9 Å². The average molecular weight is 368 g/mol. The molecule has 0 N–H and O–H groups in total. The summed E-state index contributed by atoms with van der Waals surface area (Å²) in [4.78, 5) is 37.2. The highest BCUT2D eigenvalue weighted by Gasteiger charge is 2.25. The number of methoxy groups -OCH3 is 1. The SMILES string of the molecule is CCc1ccc(OC)c(C(=O)N2CCCN(C(=O)c3cnccn3)CC2)c1. The van der Waals surface area contributed by atoms with Gasteiger partial charge in [-0.15, -0.1) is 0 Å². The summed E-state index contributed by atoms with van der Waals surface area (Å²) < 4.78 is 5.38. The minimum absolute atomic E-state index is 0.0593. The Bertz CT molecular complexity index is 810. The van der Waals surface area contributed by atoms with Crippen LogP contribution in [0.2, 0.25) is 0 Å². The van der Waals surface area contributed by atoms with Crippen LogP contribution in [-0.4, -0.2) is 64.9 Å².